The maximum absolute atomic E-state index is 14.8. The lowest BCUT2D eigenvalue weighted by Gasteiger charge is -2.42. The number of hydrogen-bond donors (Lipinski definition) is 0. The summed E-state index contributed by atoms with van der Waals surface area (Å²) in [6.07, 6.45) is 5.70. The average molecular weight is 443 g/mol. The van der Waals surface area contributed by atoms with Crippen molar-refractivity contribution in [1.29, 1.82) is 0 Å². The fraction of sp³-hybridized carbons (Fsp3) is 0.0769. The van der Waals surface area contributed by atoms with Gasteiger partial charge in [-0.15, -0.1) is 0 Å². The summed E-state index contributed by atoms with van der Waals surface area (Å²) in [7, 11) is 3.14. The Labute approximate surface area is 190 Å². The number of ether oxygens (including phenoxy) is 2. The third-order valence-electron chi connectivity index (χ3n) is 6.23. The number of methoxy groups -OCH3 is 2. The number of hydrogen-bond acceptors (Lipinski definition) is 4. The number of para-hydroxylation sites is 1. The van der Waals surface area contributed by atoms with Gasteiger partial charge < -0.3 is 19.6 Å². The molecule has 0 radical (unpaired) electrons. The number of nitrogens with zero attached hydrogens (tertiary/aromatic N) is 2. The zero-order valence-corrected chi connectivity index (χ0v) is 18.3. The van der Waals surface area contributed by atoms with Gasteiger partial charge in [0.2, 0.25) is 5.75 Å². The third kappa shape index (κ3) is 2.36. The summed E-state index contributed by atoms with van der Waals surface area (Å²) in [5.41, 5.74) is 4.52. The van der Waals surface area contributed by atoms with Crippen LogP contribution in [0.3, 0.4) is 0 Å². The minimum atomic E-state index is -0.761. The molecule has 0 N–H and O–H groups in total. The maximum atomic E-state index is 14.8. The predicted octanol–water partition coefficient (Wildman–Crippen LogP) is 4.48. The van der Waals surface area contributed by atoms with Crippen LogP contribution in [0.1, 0.15) is 5.56 Å². The van der Waals surface area contributed by atoms with Crippen molar-refractivity contribution in [2.24, 2.45) is 0 Å². The van der Waals surface area contributed by atoms with Crippen LogP contribution in [0, 0.1) is 5.21 Å². The van der Waals surface area contributed by atoms with E-state index in [0.29, 0.717) is 27.9 Å². The monoisotopic (exact) mass is 442 g/mol. The second-order valence-electron chi connectivity index (χ2n) is 7.82. The van der Waals surface area contributed by atoms with Crippen molar-refractivity contribution in [3.8, 4) is 11.5 Å². The highest BCUT2D eigenvalue weighted by Gasteiger charge is 2.48. The lowest BCUT2D eigenvalue weighted by atomic mass is 9.99. The molecule has 0 saturated carbocycles. The van der Waals surface area contributed by atoms with Gasteiger partial charge in [-0.3, -0.25) is 4.65 Å². The van der Waals surface area contributed by atoms with Crippen molar-refractivity contribution in [2.75, 3.05) is 19.1 Å². The van der Waals surface area contributed by atoms with E-state index < -0.39 is 4.65 Å². The van der Waals surface area contributed by atoms with Gasteiger partial charge in [0, 0.05) is 16.6 Å². The van der Waals surface area contributed by atoms with E-state index in [9.17, 15) is 5.21 Å². The summed E-state index contributed by atoms with van der Waals surface area (Å²) in [5.74, 6) is 0.974. The Bertz CT molecular complexity index is 1490. The zero-order chi connectivity index (χ0) is 22.0. The van der Waals surface area contributed by atoms with Gasteiger partial charge in [0.05, 0.1) is 36.1 Å². The Hall–Kier alpha value is -3.51. The van der Waals surface area contributed by atoms with E-state index in [2.05, 4.69) is 0 Å². The standard InChI is InChI=1S/C26H19ClN2O3/c1-31-22-12-11-18-19-13-14-28(21-10-6-5-9-20(21)27)23-17-8-4-3-7-16(17)15-29(30,24(19)23)25(18)26(22)32-2/h3-15H,1-2H3. The van der Waals surface area contributed by atoms with E-state index in [-0.39, 0.29) is 0 Å². The highest BCUT2D eigenvalue weighted by molar-refractivity contribution is 6.33. The van der Waals surface area contributed by atoms with Crippen LogP contribution >= 0.6 is 11.6 Å². The van der Waals surface area contributed by atoms with Crippen molar-refractivity contribution in [1.82, 2.24) is 4.65 Å². The van der Waals surface area contributed by atoms with Crippen LogP contribution in [0.4, 0.5) is 11.4 Å². The molecule has 0 fully saturated rings. The summed E-state index contributed by atoms with van der Waals surface area (Å²) in [5, 5.41) is 17.2. The van der Waals surface area contributed by atoms with Crippen molar-refractivity contribution >= 4 is 40.4 Å². The molecule has 1 atom stereocenters. The first-order valence-electron chi connectivity index (χ1n) is 10.2. The largest absolute Gasteiger partial charge is 0.617 e. The quantitative estimate of drug-likeness (QED) is 0.443. The Morgan fingerprint density at radius 1 is 0.938 bits per heavy atom. The van der Waals surface area contributed by atoms with Gasteiger partial charge in [-0.25, -0.2) is 0 Å². The van der Waals surface area contributed by atoms with Crippen LogP contribution in [0.2, 0.25) is 5.02 Å². The summed E-state index contributed by atoms with van der Waals surface area (Å²) in [4.78, 5) is 2.01. The fourth-order valence-corrected chi connectivity index (χ4v) is 5.15. The molecule has 6 rings (SSSR count). The molecule has 0 spiro atoms. The molecule has 32 heavy (non-hydrogen) atoms. The van der Waals surface area contributed by atoms with Gasteiger partial charge in [-0.1, -0.05) is 41.9 Å². The van der Waals surface area contributed by atoms with Crippen LogP contribution in [-0.2, 0) is 0 Å². The number of quaternary nitrogens is 1. The van der Waals surface area contributed by atoms with Gasteiger partial charge >= 0.3 is 0 Å². The average Bonchev–Trinajstić information content (AvgIpc) is 3.08. The molecule has 3 aromatic carbocycles. The zero-order valence-electron chi connectivity index (χ0n) is 17.5. The molecule has 5 nitrogen and oxygen atoms in total. The molecule has 3 aliphatic heterocycles. The number of hydroxylamine groups is 2. The number of rotatable bonds is 3. The lowest BCUT2D eigenvalue weighted by molar-refractivity contribution is 0.351. The highest BCUT2D eigenvalue weighted by atomic mass is 35.5. The first-order valence-corrected chi connectivity index (χ1v) is 10.6. The molecule has 3 aromatic rings. The van der Waals surface area contributed by atoms with Crippen molar-refractivity contribution in [3.05, 3.63) is 105 Å². The third-order valence-corrected chi connectivity index (χ3v) is 6.55. The first-order chi connectivity index (χ1) is 15.6. The number of fused-ring (bicyclic) bond motifs is 4. The van der Waals surface area contributed by atoms with E-state index in [0.717, 1.165) is 33.0 Å². The van der Waals surface area contributed by atoms with Crippen LogP contribution in [-0.4, -0.2) is 14.2 Å². The number of anilines is 1. The van der Waals surface area contributed by atoms with Gasteiger partial charge in [-0.05, 0) is 36.4 Å². The molecule has 1 unspecified atom stereocenters. The summed E-state index contributed by atoms with van der Waals surface area (Å²) in [6.45, 7) is 0. The van der Waals surface area contributed by atoms with Crippen molar-refractivity contribution in [3.63, 3.8) is 0 Å². The molecular formula is C26H19ClN2O3. The normalized spacial score (nSPS) is 19.9. The Kier molecular flexibility index (Phi) is 4.04. The minimum absolute atomic E-state index is 0.446. The Morgan fingerprint density at radius 2 is 1.72 bits per heavy atom. The molecule has 158 valence electrons. The second-order valence-corrected chi connectivity index (χ2v) is 8.23. The number of halogens is 1. The molecule has 0 amide bonds. The van der Waals surface area contributed by atoms with Crippen molar-refractivity contribution < 1.29 is 9.47 Å². The van der Waals surface area contributed by atoms with E-state index >= 15 is 0 Å². The molecule has 0 bridgehead atoms. The molecule has 3 heterocycles. The van der Waals surface area contributed by atoms with Gasteiger partial charge in [-0.2, -0.15) is 0 Å². The molecule has 0 aliphatic carbocycles. The number of benzene rings is 3. The van der Waals surface area contributed by atoms with Gasteiger partial charge in [0.15, 0.2) is 17.1 Å². The Morgan fingerprint density at radius 3 is 2.50 bits per heavy atom. The molecule has 6 heteroatoms. The van der Waals surface area contributed by atoms with E-state index in [1.165, 1.54) is 0 Å². The van der Waals surface area contributed by atoms with E-state index in [4.69, 9.17) is 21.1 Å². The van der Waals surface area contributed by atoms with Crippen LogP contribution in [0.5, 0.6) is 11.5 Å². The van der Waals surface area contributed by atoms with Crippen LogP contribution in [0.25, 0.3) is 17.5 Å². The van der Waals surface area contributed by atoms with Gasteiger partial charge in [0.25, 0.3) is 0 Å². The lowest BCUT2D eigenvalue weighted by Crippen LogP contribution is -2.49. The maximum Gasteiger partial charge on any atom is 0.224 e. The van der Waals surface area contributed by atoms with Crippen LogP contribution in [0.15, 0.2) is 78.6 Å². The second kappa shape index (κ2) is 6.74. The number of allylic oxidation sites excluding steroid dienone is 2. The summed E-state index contributed by atoms with van der Waals surface area (Å²) in [6, 6.07) is 19.4. The van der Waals surface area contributed by atoms with E-state index in [1.54, 1.807) is 20.4 Å². The summed E-state index contributed by atoms with van der Waals surface area (Å²) < 4.78 is 10.5. The molecule has 3 aliphatic rings. The molecule has 0 aromatic heterocycles. The fourth-order valence-electron chi connectivity index (χ4n) is 4.92. The Balaban J connectivity index is 1.74. The minimum Gasteiger partial charge on any atom is -0.617 e. The van der Waals surface area contributed by atoms with Gasteiger partial charge in [0.1, 0.15) is 11.9 Å². The topological polar surface area (TPSA) is 44.8 Å². The first kappa shape index (κ1) is 19.2. The molecular weight excluding hydrogens is 424 g/mol. The van der Waals surface area contributed by atoms with E-state index in [1.807, 2.05) is 77.8 Å². The van der Waals surface area contributed by atoms with Crippen LogP contribution < -0.4 is 29.5 Å². The predicted molar refractivity (Wildman–Crippen MR) is 128 cm³/mol. The highest BCUT2D eigenvalue weighted by Crippen LogP contribution is 2.57. The smallest absolute Gasteiger partial charge is 0.224 e. The SMILES string of the molecule is COc1ccc2c(c1OC)[N+]1([O-])C=c3ccccc3=C3C1=C2C=CN3c1ccccc1Cl. The summed E-state index contributed by atoms with van der Waals surface area (Å²) >= 11 is 6.58. The van der Waals surface area contributed by atoms with Crippen molar-refractivity contribution in [2.45, 2.75) is 0 Å². The molecule has 0 saturated heterocycles.